The SMILES string of the molecule is Fc1ccc(N(c2ccc(Br)cc2)c2ccc3c(c2)C2(c4ccccc4-c4ccccc42)c2ccccc2-3)cc1. The third-order valence-electron chi connectivity index (χ3n) is 8.41. The number of hydrogen-bond acceptors (Lipinski definition) is 1. The quantitative estimate of drug-likeness (QED) is 0.201. The lowest BCUT2D eigenvalue weighted by molar-refractivity contribution is 0.628. The molecule has 0 unspecified atom stereocenters. The van der Waals surface area contributed by atoms with Gasteiger partial charge in [0.2, 0.25) is 0 Å². The van der Waals surface area contributed by atoms with Gasteiger partial charge in [-0.3, -0.25) is 0 Å². The predicted octanol–water partition coefficient (Wildman–Crippen LogP) is 10.4. The van der Waals surface area contributed by atoms with Gasteiger partial charge in [-0.15, -0.1) is 0 Å². The Morgan fingerprint density at radius 1 is 0.450 bits per heavy atom. The van der Waals surface area contributed by atoms with Crippen LogP contribution in [0.25, 0.3) is 22.3 Å². The van der Waals surface area contributed by atoms with Crippen LogP contribution < -0.4 is 4.90 Å². The molecule has 1 nitrogen and oxygen atoms in total. The van der Waals surface area contributed by atoms with E-state index in [1.807, 2.05) is 24.3 Å². The van der Waals surface area contributed by atoms with E-state index in [0.717, 1.165) is 21.5 Å². The first-order valence-corrected chi connectivity index (χ1v) is 14.2. The molecule has 0 radical (unpaired) electrons. The minimum absolute atomic E-state index is 0.248. The highest BCUT2D eigenvalue weighted by Gasteiger charge is 2.51. The van der Waals surface area contributed by atoms with Gasteiger partial charge in [0, 0.05) is 21.5 Å². The molecule has 2 aliphatic carbocycles. The molecular weight excluding hydrogens is 557 g/mol. The number of rotatable bonds is 3. The van der Waals surface area contributed by atoms with Crippen LogP contribution in [0.15, 0.2) is 144 Å². The molecule has 0 bridgehead atoms. The van der Waals surface area contributed by atoms with Crippen LogP contribution in [0.1, 0.15) is 22.3 Å². The highest BCUT2D eigenvalue weighted by Crippen LogP contribution is 2.63. The third kappa shape index (κ3) is 3.19. The molecule has 0 amide bonds. The highest BCUT2D eigenvalue weighted by molar-refractivity contribution is 9.10. The van der Waals surface area contributed by atoms with E-state index in [4.69, 9.17) is 0 Å². The van der Waals surface area contributed by atoms with Crippen molar-refractivity contribution in [3.63, 3.8) is 0 Å². The maximum absolute atomic E-state index is 14.0. The standard InChI is InChI=1S/C37H23BrFN/c38-24-13-17-26(18-14-24)40(27-19-15-25(39)16-20-27)28-21-22-32-31-9-3-6-12-35(31)37(36(32)23-28)33-10-4-1-7-29(33)30-8-2-5-11-34(30)37/h1-23H. The molecular formula is C37H23BrFN. The summed E-state index contributed by atoms with van der Waals surface area (Å²) in [5.74, 6) is -0.248. The Labute approximate surface area is 241 Å². The maximum atomic E-state index is 14.0. The zero-order chi connectivity index (χ0) is 26.8. The summed E-state index contributed by atoms with van der Waals surface area (Å²) in [4.78, 5) is 2.20. The zero-order valence-corrected chi connectivity index (χ0v) is 23.1. The van der Waals surface area contributed by atoms with Crippen molar-refractivity contribution in [2.24, 2.45) is 0 Å². The van der Waals surface area contributed by atoms with E-state index < -0.39 is 5.41 Å². The summed E-state index contributed by atoms with van der Waals surface area (Å²) in [5.41, 5.74) is 12.8. The average molecular weight is 581 g/mol. The summed E-state index contributed by atoms with van der Waals surface area (Å²) in [6, 6.07) is 48.3. The molecule has 0 saturated carbocycles. The van der Waals surface area contributed by atoms with Crippen molar-refractivity contribution in [2.45, 2.75) is 5.41 Å². The molecule has 1 spiro atoms. The van der Waals surface area contributed by atoms with Crippen molar-refractivity contribution in [1.82, 2.24) is 0 Å². The molecule has 0 atom stereocenters. The maximum Gasteiger partial charge on any atom is 0.123 e. The number of nitrogens with zero attached hydrogens (tertiary/aromatic N) is 1. The van der Waals surface area contributed by atoms with Crippen molar-refractivity contribution >= 4 is 33.0 Å². The number of fused-ring (bicyclic) bond motifs is 10. The fourth-order valence-corrected chi connectivity index (χ4v) is 7.11. The Morgan fingerprint density at radius 3 is 1.40 bits per heavy atom. The summed E-state index contributed by atoms with van der Waals surface area (Å²) in [7, 11) is 0. The Bertz CT molecular complexity index is 1820. The van der Waals surface area contributed by atoms with Gasteiger partial charge in [0.15, 0.2) is 0 Å². The van der Waals surface area contributed by atoms with Crippen LogP contribution in [0, 0.1) is 5.82 Å². The van der Waals surface area contributed by atoms with Gasteiger partial charge < -0.3 is 4.90 Å². The molecule has 8 rings (SSSR count). The van der Waals surface area contributed by atoms with Crippen LogP contribution in [0.5, 0.6) is 0 Å². The second-order valence-corrected chi connectivity index (χ2v) is 11.3. The lowest BCUT2D eigenvalue weighted by atomic mass is 9.70. The van der Waals surface area contributed by atoms with Gasteiger partial charge in [0.1, 0.15) is 5.82 Å². The Kier molecular flexibility index (Phi) is 5.14. The molecule has 190 valence electrons. The largest absolute Gasteiger partial charge is 0.310 e. The van der Waals surface area contributed by atoms with E-state index in [9.17, 15) is 4.39 Å². The normalized spacial score (nSPS) is 13.4. The van der Waals surface area contributed by atoms with Gasteiger partial charge in [-0.1, -0.05) is 94.8 Å². The Morgan fingerprint density at radius 2 is 0.875 bits per heavy atom. The summed E-state index contributed by atoms with van der Waals surface area (Å²) in [5, 5.41) is 0. The molecule has 0 aromatic heterocycles. The summed E-state index contributed by atoms with van der Waals surface area (Å²) < 4.78 is 15.0. The molecule has 6 aromatic rings. The smallest absolute Gasteiger partial charge is 0.123 e. The molecule has 0 saturated heterocycles. The van der Waals surface area contributed by atoms with Crippen molar-refractivity contribution in [1.29, 1.82) is 0 Å². The molecule has 0 heterocycles. The van der Waals surface area contributed by atoms with Gasteiger partial charge in [0.05, 0.1) is 5.41 Å². The van der Waals surface area contributed by atoms with E-state index in [-0.39, 0.29) is 5.82 Å². The van der Waals surface area contributed by atoms with Crippen LogP contribution in [-0.2, 0) is 5.41 Å². The van der Waals surface area contributed by atoms with Gasteiger partial charge in [0.25, 0.3) is 0 Å². The van der Waals surface area contributed by atoms with E-state index >= 15 is 0 Å². The number of benzene rings is 6. The fraction of sp³-hybridized carbons (Fsp3) is 0.0270. The number of anilines is 3. The van der Waals surface area contributed by atoms with Gasteiger partial charge in [-0.05, 0) is 105 Å². The first-order valence-electron chi connectivity index (χ1n) is 13.4. The first-order chi connectivity index (χ1) is 19.7. The first kappa shape index (κ1) is 23.4. The number of hydrogen-bond donors (Lipinski definition) is 0. The molecule has 0 N–H and O–H groups in total. The Balaban J connectivity index is 1.44. The lowest BCUT2D eigenvalue weighted by Gasteiger charge is -2.32. The van der Waals surface area contributed by atoms with E-state index in [1.165, 1.54) is 56.6 Å². The minimum Gasteiger partial charge on any atom is -0.310 e. The summed E-state index contributed by atoms with van der Waals surface area (Å²) >= 11 is 3.58. The molecule has 3 heteroatoms. The number of halogens is 2. The molecule has 2 aliphatic rings. The van der Waals surface area contributed by atoms with Gasteiger partial charge >= 0.3 is 0 Å². The second-order valence-electron chi connectivity index (χ2n) is 10.4. The highest BCUT2D eigenvalue weighted by atomic mass is 79.9. The van der Waals surface area contributed by atoms with Crippen LogP contribution in [-0.4, -0.2) is 0 Å². The van der Waals surface area contributed by atoms with Crippen molar-refractivity contribution in [3.05, 3.63) is 172 Å². The molecule has 6 aromatic carbocycles. The van der Waals surface area contributed by atoms with E-state index in [2.05, 4.69) is 124 Å². The topological polar surface area (TPSA) is 3.24 Å². The van der Waals surface area contributed by atoms with Crippen LogP contribution in [0.3, 0.4) is 0 Å². The van der Waals surface area contributed by atoms with Crippen LogP contribution in [0.4, 0.5) is 21.5 Å². The van der Waals surface area contributed by atoms with Crippen molar-refractivity contribution < 1.29 is 4.39 Å². The van der Waals surface area contributed by atoms with E-state index in [1.54, 1.807) is 0 Å². The predicted molar refractivity (Wildman–Crippen MR) is 165 cm³/mol. The molecule has 0 fully saturated rings. The van der Waals surface area contributed by atoms with E-state index in [0.29, 0.717) is 0 Å². The van der Waals surface area contributed by atoms with Crippen molar-refractivity contribution in [2.75, 3.05) is 4.90 Å². The average Bonchev–Trinajstić information content (AvgIpc) is 3.46. The summed E-state index contributed by atoms with van der Waals surface area (Å²) in [6.07, 6.45) is 0. The van der Waals surface area contributed by atoms with Gasteiger partial charge in [-0.25, -0.2) is 4.39 Å². The fourth-order valence-electron chi connectivity index (χ4n) is 6.85. The molecule has 0 aliphatic heterocycles. The zero-order valence-electron chi connectivity index (χ0n) is 21.5. The Hall–Kier alpha value is -4.47. The minimum atomic E-state index is -0.413. The third-order valence-corrected chi connectivity index (χ3v) is 8.94. The summed E-state index contributed by atoms with van der Waals surface area (Å²) in [6.45, 7) is 0. The van der Waals surface area contributed by atoms with Gasteiger partial charge in [-0.2, -0.15) is 0 Å². The lowest BCUT2D eigenvalue weighted by Crippen LogP contribution is -2.26. The van der Waals surface area contributed by atoms with Crippen LogP contribution >= 0.6 is 15.9 Å². The molecule has 40 heavy (non-hydrogen) atoms. The monoisotopic (exact) mass is 579 g/mol. The second kappa shape index (κ2) is 8.77. The van der Waals surface area contributed by atoms with Crippen molar-refractivity contribution in [3.8, 4) is 22.3 Å². The van der Waals surface area contributed by atoms with Crippen LogP contribution in [0.2, 0.25) is 0 Å².